The van der Waals surface area contributed by atoms with Crippen LogP contribution in [0.25, 0.3) is 0 Å². The van der Waals surface area contributed by atoms with Crippen LogP contribution in [0.4, 0.5) is 0 Å². The molecule has 1 saturated carbocycles. The van der Waals surface area contributed by atoms with Crippen molar-refractivity contribution in [2.75, 3.05) is 26.2 Å². The highest BCUT2D eigenvalue weighted by atomic mass is 16.2. The van der Waals surface area contributed by atoms with Crippen LogP contribution in [0.2, 0.25) is 0 Å². The van der Waals surface area contributed by atoms with Crippen molar-refractivity contribution in [2.24, 2.45) is 11.8 Å². The highest BCUT2D eigenvalue weighted by Crippen LogP contribution is 2.37. The van der Waals surface area contributed by atoms with Gasteiger partial charge in [0.15, 0.2) is 0 Å². The smallest absolute Gasteiger partial charge is 0.233 e. The fourth-order valence-electron chi connectivity index (χ4n) is 4.76. The summed E-state index contributed by atoms with van der Waals surface area (Å²) in [6.45, 7) is 6.73. The molecule has 1 heterocycles. The third-order valence-corrected chi connectivity index (χ3v) is 6.42. The van der Waals surface area contributed by atoms with Crippen LogP contribution in [0, 0.1) is 11.8 Å². The summed E-state index contributed by atoms with van der Waals surface area (Å²) in [5, 5.41) is 3.02. The molecule has 0 bridgehead atoms. The van der Waals surface area contributed by atoms with E-state index in [4.69, 9.17) is 0 Å². The number of carbonyl (C=O) groups excluding carboxylic acids is 3. The van der Waals surface area contributed by atoms with Crippen LogP contribution in [-0.4, -0.2) is 53.7 Å². The quantitative estimate of drug-likeness (QED) is 0.648. The van der Waals surface area contributed by atoms with Crippen molar-refractivity contribution in [3.05, 3.63) is 35.9 Å². The summed E-state index contributed by atoms with van der Waals surface area (Å²) in [7, 11) is 0. The second-order valence-electron chi connectivity index (χ2n) is 8.03. The summed E-state index contributed by atoms with van der Waals surface area (Å²) in [6, 6.07) is 10.3. The van der Waals surface area contributed by atoms with Crippen molar-refractivity contribution < 1.29 is 14.4 Å². The lowest BCUT2D eigenvalue weighted by Crippen LogP contribution is -2.40. The van der Waals surface area contributed by atoms with Crippen LogP contribution in [0.5, 0.6) is 0 Å². The molecular formula is C23H33N3O3. The van der Waals surface area contributed by atoms with Gasteiger partial charge in [0.2, 0.25) is 17.7 Å². The van der Waals surface area contributed by atoms with E-state index in [2.05, 4.69) is 36.2 Å². The molecule has 3 atom stereocenters. The summed E-state index contributed by atoms with van der Waals surface area (Å²) >= 11 is 0. The van der Waals surface area contributed by atoms with Crippen LogP contribution in [0.3, 0.4) is 0 Å². The van der Waals surface area contributed by atoms with E-state index in [9.17, 15) is 14.4 Å². The Morgan fingerprint density at radius 2 is 1.66 bits per heavy atom. The lowest BCUT2D eigenvalue weighted by molar-refractivity contribution is -0.140. The standard InChI is InChI=1S/C23H33N3O3/c1-3-25(4-2)20(17-10-6-5-7-11-17)16-24-21(27)14-15-26-22(28)18-12-8-9-13-19(18)23(26)29/h5-7,10-11,18-20H,3-4,8-9,12-16H2,1-2H3,(H,24,27). The van der Waals surface area contributed by atoms with Crippen molar-refractivity contribution in [1.29, 1.82) is 0 Å². The maximum absolute atomic E-state index is 12.5. The van der Waals surface area contributed by atoms with E-state index < -0.39 is 0 Å². The first-order valence-electron chi connectivity index (χ1n) is 11.0. The molecular weight excluding hydrogens is 366 g/mol. The predicted molar refractivity (Wildman–Crippen MR) is 112 cm³/mol. The summed E-state index contributed by atoms with van der Waals surface area (Å²) < 4.78 is 0. The van der Waals surface area contributed by atoms with E-state index in [0.29, 0.717) is 6.54 Å². The number of nitrogens with one attached hydrogen (secondary N) is 1. The molecule has 1 aliphatic carbocycles. The first kappa shape index (κ1) is 21.5. The number of hydrogen-bond acceptors (Lipinski definition) is 4. The van der Waals surface area contributed by atoms with Crippen molar-refractivity contribution in [3.63, 3.8) is 0 Å². The Bertz CT molecular complexity index is 693. The number of amides is 3. The molecule has 6 nitrogen and oxygen atoms in total. The minimum Gasteiger partial charge on any atom is -0.354 e. The molecule has 0 radical (unpaired) electrons. The monoisotopic (exact) mass is 399 g/mol. The van der Waals surface area contributed by atoms with Crippen LogP contribution in [0.15, 0.2) is 30.3 Å². The molecule has 1 N–H and O–H groups in total. The Morgan fingerprint density at radius 1 is 1.07 bits per heavy atom. The Hall–Kier alpha value is -2.21. The molecule has 3 rings (SSSR count). The highest BCUT2D eigenvalue weighted by Gasteiger charge is 2.47. The van der Waals surface area contributed by atoms with Gasteiger partial charge in [-0.2, -0.15) is 0 Å². The molecule has 2 aliphatic rings. The minimum atomic E-state index is -0.149. The summed E-state index contributed by atoms with van der Waals surface area (Å²) in [5.74, 6) is -0.557. The van der Waals surface area contributed by atoms with Gasteiger partial charge >= 0.3 is 0 Å². The van der Waals surface area contributed by atoms with Gasteiger partial charge in [-0.25, -0.2) is 0 Å². The molecule has 2 fully saturated rings. The molecule has 6 heteroatoms. The van der Waals surface area contributed by atoms with Gasteiger partial charge < -0.3 is 5.32 Å². The van der Waals surface area contributed by atoms with Crippen molar-refractivity contribution in [3.8, 4) is 0 Å². The topological polar surface area (TPSA) is 69.7 Å². The van der Waals surface area contributed by atoms with Gasteiger partial charge in [-0.05, 0) is 31.5 Å². The number of fused-ring (bicyclic) bond motifs is 1. The maximum atomic E-state index is 12.5. The SMILES string of the molecule is CCN(CC)C(CNC(=O)CCN1C(=O)C2CCCCC2C1=O)c1ccccc1. The van der Waals surface area contributed by atoms with E-state index in [1.807, 2.05) is 18.2 Å². The number of likely N-dealkylation sites (N-methyl/N-ethyl adjacent to an activating group) is 1. The van der Waals surface area contributed by atoms with E-state index in [1.54, 1.807) is 0 Å². The molecule has 29 heavy (non-hydrogen) atoms. The summed E-state index contributed by atoms with van der Waals surface area (Å²) in [6.07, 6.45) is 3.80. The molecule has 158 valence electrons. The zero-order chi connectivity index (χ0) is 20.8. The fourth-order valence-corrected chi connectivity index (χ4v) is 4.76. The normalized spacial score (nSPS) is 22.7. The second-order valence-corrected chi connectivity index (χ2v) is 8.03. The van der Waals surface area contributed by atoms with Crippen molar-refractivity contribution in [2.45, 2.75) is 52.0 Å². The third-order valence-electron chi connectivity index (χ3n) is 6.42. The van der Waals surface area contributed by atoms with Crippen LogP contribution in [-0.2, 0) is 14.4 Å². The second kappa shape index (κ2) is 10.0. The fraction of sp³-hybridized carbons (Fsp3) is 0.609. The van der Waals surface area contributed by atoms with E-state index in [1.165, 1.54) is 10.5 Å². The Balaban J connectivity index is 1.54. The number of nitrogens with zero attached hydrogens (tertiary/aromatic N) is 2. The first-order chi connectivity index (χ1) is 14.1. The average molecular weight is 400 g/mol. The zero-order valence-corrected chi connectivity index (χ0v) is 17.6. The lowest BCUT2D eigenvalue weighted by atomic mass is 9.81. The molecule has 1 aromatic rings. The van der Waals surface area contributed by atoms with Gasteiger partial charge in [-0.3, -0.25) is 24.2 Å². The minimum absolute atomic E-state index is 0.0715. The summed E-state index contributed by atoms with van der Waals surface area (Å²) in [5.41, 5.74) is 1.17. The summed E-state index contributed by atoms with van der Waals surface area (Å²) in [4.78, 5) is 41.2. The van der Waals surface area contributed by atoms with Gasteiger partial charge in [-0.15, -0.1) is 0 Å². The molecule has 3 unspecified atom stereocenters. The van der Waals surface area contributed by atoms with Crippen LogP contribution in [0.1, 0.15) is 57.6 Å². The van der Waals surface area contributed by atoms with Gasteiger partial charge in [0.05, 0.1) is 17.9 Å². The molecule has 0 spiro atoms. The third kappa shape index (κ3) is 4.86. The van der Waals surface area contributed by atoms with E-state index in [0.717, 1.165) is 38.8 Å². The molecule has 3 amide bonds. The van der Waals surface area contributed by atoms with Gasteiger partial charge in [0.25, 0.3) is 0 Å². The number of likely N-dealkylation sites (tertiary alicyclic amines) is 1. The molecule has 0 aromatic heterocycles. The maximum Gasteiger partial charge on any atom is 0.233 e. The Labute approximate surface area is 173 Å². The number of hydrogen-bond donors (Lipinski definition) is 1. The van der Waals surface area contributed by atoms with Crippen LogP contribution < -0.4 is 5.32 Å². The highest BCUT2D eigenvalue weighted by molar-refractivity contribution is 6.05. The number of rotatable bonds is 9. The average Bonchev–Trinajstić information content (AvgIpc) is 3.00. The Morgan fingerprint density at radius 3 is 2.21 bits per heavy atom. The molecule has 1 saturated heterocycles. The van der Waals surface area contributed by atoms with Gasteiger partial charge in [0.1, 0.15) is 0 Å². The van der Waals surface area contributed by atoms with Crippen molar-refractivity contribution >= 4 is 17.7 Å². The molecule has 1 aliphatic heterocycles. The van der Waals surface area contributed by atoms with E-state index >= 15 is 0 Å². The number of imide groups is 1. The predicted octanol–water partition coefficient (Wildman–Crippen LogP) is 2.75. The number of benzene rings is 1. The largest absolute Gasteiger partial charge is 0.354 e. The number of carbonyl (C=O) groups is 3. The van der Waals surface area contributed by atoms with E-state index in [-0.39, 0.29) is 48.6 Å². The zero-order valence-electron chi connectivity index (χ0n) is 17.6. The van der Waals surface area contributed by atoms with Crippen LogP contribution >= 0.6 is 0 Å². The lowest BCUT2D eigenvalue weighted by Gasteiger charge is -2.30. The van der Waals surface area contributed by atoms with Gasteiger partial charge in [0, 0.05) is 19.5 Å². The van der Waals surface area contributed by atoms with Crippen molar-refractivity contribution in [1.82, 2.24) is 15.1 Å². The van der Waals surface area contributed by atoms with Gasteiger partial charge in [-0.1, -0.05) is 57.0 Å². The molecule has 1 aromatic carbocycles. The Kier molecular flexibility index (Phi) is 7.42. The first-order valence-corrected chi connectivity index (χ1v) is 11.0.